The van der Waals surface area contributed by atoms with Crippen molar-refractivity contribution in [3.63, 3.8) is 0 Å². The van der Waals surface area contributed by atoms with Crippen LogP contribution in [0.2, 0.25) is 0 Å². The summed E-state index contributed by atoms with van der Waals surface area (Å²) in [5.74, 6) is 0. The van der Waals surface area contributed by atoms with Crippen molar-refractivity contribution in [3.05, 3.63) is 59.2 Å². The van der Waals surface area contributed by atoms with Gasteiger partial charge in [0.2, 0.25) is 0 Å². The van der Waals surface area contributed by atoms with Gasteiger partial charge < -0.3 is 19.2 Å². The second-order valence-electron chi connectivity index (χ2n) is 8.61. The van der Waals surface area contributed by atoms with E-state index in [1.807, 2.05) is 0 Å². The van der Waals surface area contributed by atoms with Crippen LogP contribution in [0.3, 0.4) is 0 Å². The van der Waals surface area contributed by atoms with Gasteiger partial charge in [0.05, 0.1) is 0 Å². The molecule has 0 aromatic heterocycles. The van der Waals surface area contributed by atoms with Crippen molar-refractivity contribution in [2.75, 3.05) is 49.3 Å². The van der Waals surface area contributed by atoms with E-state index in [-0.39, 0.29) is 14.0 Å². The maximum absolute atomic E-state index is 2.42. The minimum absolute atomic E-state index is 0.248. The fraction of sp³-hybridized carbons (Fsp3) is 0.455. The van der Waals surface area contributed by atoms with Gasteiger partial charge in [-0.2, -0.15) is 0 Å². The third-order valence-corrected chi connectivity index (χ3v) is 5.33. The predicted octanol–water partition coefficient (Wildman–Crippen LogP) is 1.51. The van der Waals surface area contributed by atoms with Crippen LogP contribution in [0.25, 0.3) is 0 Å². The van der Waals surface area contributed by atoms with Crippen LogP contribution >= 0.6 is 0 Å². The van der Waals surface area contributed by atoms with E-state index in [4.69, 9.17) is 0 Å². The first kappa shape index (κ1) is 22.7. The molecule has 0 atom stereocenters. The molecule has 0 aliphatic heterocycles. The molecular formula is C22H36B2N4. The Morgan fingerprint density at radius 3 is 1.57 bits per heavy atom. The summed E-state index contributed by atoms with van der Waals surface area (Å²) < 4.78 is 0. The second-order valence-corrected chi connectivity index (χ2v) is 8.61. The second kappa shape index (κ2) is 9.75. The van der Waals surface area contributed by atoms with E-state index < -0.39 is 0 Å². The maximum atomic E-state index is 2.42. The average molecular weight is 378 g/mol. The van der Waals surface area contributed by atoms with Gasteiger partial charge in [0.25, 0.3) is 0 Å². The van der Waals surface area contributed by atoms with E-state index >= 15 is 0 Å². The Bertz CT molecular complexity index is 731. The fourth-order valence-electron chi connectivity index (χ4n) is 4.49. The molecule has 0 N–H and O–H groups in total. The molecule has 2 aromatic rings. The fourth-order valence-corrected chi connectivity index (χ4v) is 4.49. The molecule has 4 nitrogen and oxygen atoms in total. The van der Waals surface area contributed by atoms with Gasteiger partial charge in [0.1, 0.15) is 0 Å². The van der Waals surface area contributed by atoms with Gasteiger partial charge in [-0.05, 0) is 79.7 Å². The van der Waals surface area contributed by atoms with Crippen molar-refractivity contribution >= 4 is 24.9 Å². The lowest BCUT2D eigenvalue weighted by Gasteiger charge is -2.32. The van der Waals surface area contributed by atoms with Crippen LogP contribution in [0.15, 0.2) is 42.5 Å². The van der Waals surface area contributed by atoms with Crippen molar-refractivity contribution in [2.24, 2.45) is 0 Å². The zero-order valence-corrected chi connectivity index (χ0v) is 19.2. The molecule has 2 rings (SSSR count). The molecule has 0 aliphatic carbocycles. The normalized spacial score (nSPS) is 11.8. The summed E-state index contributed by atoms with van der Waals surface area (Å²) in [7, 11) is 15.1. The van der Waals surface area contributed by atoms with Crippen molar-refractivity contribution < 1.29 is 0 Å². The number of rotatable bonds is 8. The van der Waals surface area contributed by atoms with E-state index in [9.17, 15) is 0 Å². The highest BCUT2D eigenvalue weighted by molar-refractivity contribution is 6.69. The first-order chi connectivity index (χ1) is 13.1. The minimum atomic E-state index is 0.248. The zero-order chi connectivity index (χ0) is 21.0. The minimum Gasteiger partial charge on any atom is -0.330 e. The molecule has 0 unspecified atom stereocenters. The van der Waals surface area contributed by atoms with Gasteiger partial charge in [0.15, 0.2) is 0 Å². The SMILES string of the molecule is Cc1cc(CN(C)B(c2ccccc2)N(C)C)cc(C)c1B(N(C)C)N(C)C. The quantitative estimate of drug-likeness (QED) is 0.646. The van der Waals surface area contributed by atoms with Crippen LogP contribution in [0, 0.1) is 13.8 Å². The van der Waals surface area contributed by atoms with E-state index in [0.29, 0.717) is 0 Å². The highest BCUT2D eigenvalue weighted by Crippen LogP contribution is 2.13. The molecule has 0 saturated carbocycles. The Kier molecular flexibility index (Phi) is 7.90. The van der Waals surface area contributed by atoms with Crippen molar-refractivity contribution in [1.29, 1.82) is 0 Å². The Labute approximate surface area is 173 Å². The molecule has 0 saturated heterocycles. The van der Waals surface area contributed by atoms with Gasteiger partial charge in [-0.15, -0.1) is 0 Å². The third kappa shape index (κ3) is 5.26. The zero-order valence-electron chi connectivity index (χ0n) is 19.2. The standard InChI is InChI=1S/C22H36B2N4/c1-18-15-20(16-19(2)22(18)24(26(5)6)27(7)8)17-28(9)23(25(3)4)21-13-11-10-12-14-21/h10-16H,17H2,1-9H3. The summed E-state index contributed by atoms with van der Waals surface area (Å²) >= 11 is 0. The van der Waals surface area contributed by atoms with Crippen molar-refractivity contribution in [3.8, 4) is 0 Å². The maximum Gasteiger partial charge on any atom is 0.345 e. The smallest absolute Gasteiger partial charge is 0.330 e. The molecule has 0 amide bonds. The van der Waals surface area contributed by atoms with E-state index in [0.717, 1.165) is 6.54 Å². The first-order valence-corrected chi connectivity index (χ1v) is 9.98. The van der Waals surface area contributed by atoms with Gasteiger partial charge >= 0.3 is 14.0 Å². The van der Waals surface area contributed by atoms with Gasteiger partial charge in [-0.25, -0.2) is 0 Å². The van der Waals surface area contributed by atoms with Crippen LogP contribution in [-0.4, -0.2) is 82.5 Å². The Balaban J connectivity index is 2.31. The molecule has 150 valence electrons. The molecule has 0 bridgehead atoms. The average Bonchev–Trinajstić information content (AvgIpc) is 2.58. The van der Waals surface area contributed by atoms with Gasteiger partial charge in [-0.1, -0.05) is 53.6 Å². The van der Waals surface area contributed by atoms with Crippen molar-refractivity contribution in [2.45, 2.75) is 20.4 Å². The van der Waals surface area contributed by atoms with Crippen LogP contribution in [0.5, 0.6) is 0 Å². The largest absolute Gasteiger partial charge is 0.345 e. The third-order valence-electron chi connectivity index (χ3n) is 5.33. The van der Waals surface area contributed by atoms with E-state index in [1.54, 1.807) is 0 Å². The molecule has 0 heterocycles. The molecule has 2 aromatic carbocycles. The van der Waals surface area contributed by atoms with Gasteiger partial charge in [0, 0.05) is 6.54 Å². The number of hydrogen-bond acceptors (Lipinski definition) is 4. The molecular weight excluding hydrogens is 342 g/mol. The first-order valence-electron chi connectivity index (χ1n) is 9.98. The number of nitrogens with zero attached hydrogens (tertiary/aromatic N) is 4. The molecule has 28 heavy (non-hydrogen) atoms. The van der Waals surface area contributed by atoms with Crippen LogP contribution in [0.1, 0.15) is 16.7 Å². The summed E-state index contributed by atoms with van der Waals surface area (Å²) in [5, 5.41) is 0. The van der Waals surface area contributed by atoms with Gasteiger partial charge in [-0.3, -0.25) is 0 Å². The molecule has 0 spiro atoms. The monoisotopic (exact) mass is 378 g/mol. The van der Waals surface area contributed by atoms with Crippen molar-refractivity contribution in [1.82, 2.24) is 19.2 Å². The molecule has 6 heteroatoms. The Morgan fingerprint density at radius 1 is 0.679 bits per heavy atom. The van der Waals surface area contributed by atoms with E-state index in [2.05, 4.69) is 125 Å². The lowest BCUT2D eigenvalue weighted by molar-refractivity contribution is 0.459. The summed E-state index contributed by atoms with van der Waals surface area (Å²) in [6.07, 6.45) is 0. The predicted molar refractivity (Wildman–Crippen MR) is 126 cm³/mol. The lowest BCUT2D eigenvalue weighted by Crippen LogP contribution is -2.56. The summed E-state index contributed by atoms with van der Waals surface area (Å²) in [6, 6.07) is 15.4. The molecule has 0 aliphatic rings. The summed E-state index contributed by atoms with van der Waals surface area (Å²) in [5.41, 5.74) is 6.81. The summed E-state index contributed by atoms with van der Waals surface area (Å²) in [4.78, 5) is 9.24. The topological polar surface area (TPSA) is 13.0 Å². The highest BCUT2D eigenvalue weighted by Gasteiger charge is 2.28. The number of hydrogen-bond donors (Lipinski definition) is 0. The molecule has 0 fully saturated rings. The molecule has 0 radical (unpaired) electrons. The number of benzene rings is 2. The lowest BCUT2D eigenvalue weighted by atomic mass is 9.61. The van der Waals surface area contributed by atoms with Crippen LogP contribution in [-0.2, 0) is 6.54 Å². The summed E-state index contributed by atoms with van der Waals surface area (Å²) in [6.45, 7) is 5.93. The van der Waals surface area contributed by atoms with E-state index in [1.165, 1.54) is 27.6 Å². The van der Waals surface area contributed by atoms with Crippen LogP contribution < -0.4 is 10.9 Å². The highest BCUT2D eigenvalue weighted by atomic mass is 15.2. The number of aryl methyl sites for hydroxylation is 2. The Morgan fingerprint density at radius 2 is 1.14 bits per heavy atom. The Hall–Kier alpha value is -1.59. The van der Waals surface area contributed by atoms with Crippen LogP contribution in [0.4, 0.5) is 0 Å².